The van der Waals surface area contributed by atoms with E-state index in [1.54, 1.807) is 20.8 Å². The van der Waals surface area contributed by atoms with Crippen molar-refractivity contribution in [3.8, 4) is 5.75 Å². The molecule has 0 spiro atoms. The Morgan fingerprint density at radius 1 is 1.27 bits per heavy atom. The molecule has 61 valence electrons. The molecule has 0 aliphatic carbocycles. The van der Waals surface area contributed by atoms with E-state index in [0.29, 0.717) is 0 Å². The maximum absolute atomic E-state index is 5.00. The Morgan fingerprint density at radius 2 is 1.91 bits per heavy atom. The van der Waals surface area contributed by atoms with Crippen molar-refractivity contribution < 1.29 is 24.1 Å². The van der Waals surface area contributed by atoms with E-state index in [9.17, 15) is 0 Å². The fraction of sp³-hybridized carbons (Fsp3) is 0.143. The second kappa shape index (κ2) is 6.99. The smallest absolute Gasteiger partial charge is 0.147 e. The van der Waals surface area contributed by atoms with Crippen LogP contribution in [0.25, 0.3) is 0 Å². The molecule has 1 rings (SSSR count). The molecule has 0 saturated carbocycles. The zero-order chi connectivity index (χ0) is 6.69. The molecule has 4 heteroatoms. The van der Waals surface area contributed by atoms with Gasteiger partial charge in [0.25, 0.3) is 0 Å². The first-order valence-electron chi connectivity index (χ1n) is 2.73. The Hall–Kier alpha value is 0.314. The first-order valence-corrected chi connectivity index (χ1v) is 3.37. The number of hydrogen-bond acceptors (Lipinski definition) is 1. The van der Waals surface area contributed by atoms with E-state index in [4.69, 9.17) is 3.32 Å². The summed E-state index contributed by atoms with van der Waals surface area (Å²) >= 11 is 1.68. The van der Waals surface area contributed by atoms with Crippen molar-refractivity contribution >= 4 is 24.8 Å². The van der Waals surface area contributed by atoms with Gasteiger partial charge in [-0.05, 0) is 0 Å². The van der Waals surface area contributed by atoms with E-state index < -0.39 is 0 Å². The first-order chi connectivity index (χ1) is 4.33. The monoisotopic (exact) mass is 227 g/mol. The van der Waals surface area contributed by atoms with Gasteiger partial charge in [0.1, 0.15) is 0 Å². The van der Waals surface area contributed by atoms with Gasteiger partial charge in [-0.3, -0.25) is 0 Å². The Kier molecular flexibility index (Phi) is 8.82. The minimum atomic E-state index is 0. The molecule has 1 nitrogen and oxygen atoms in total. The van der Waals surface area contributed by atoms with Crippen LogP contribution < -0.4 is 3.32 Å². The van der Waals surface area contributed by atoms with Crippen LogP contribution in [0.3, 0.4) is 0 Å². The van der Waals surface area contributed by atoms with Gasteiger partial charge >= 0.3 is 66.6 Å². The van der Waals surface area contributed by atoms with E-state index >= 15 is 0 Å². The second-order valence-corrected chi connectivity index (χ2v) is 2.24. The van der Waals surface area contributed by atoms with Crippen molar-refractivity contribution in [2.75, 3.05) is 0 Å². The van der Waals surface area contributed by atoms with Crippen LogP contribution in [0.5, 0.6) is 5.75 Å². The zero-order valence-electron chi connectivity index (χ0n) is 6.03. The van der Waals surface area contributed by atoms with E-state index in [1.165, 1.54) is 5.56 Å². The van der Waals surface area contributed by atoms with E-state index in [1.807, 2.05) is 31.2 Å². The summed E-state index contributed by atoms with van der Waals surface area (Å²) in [5, 5.41) is 0. The second-order valence-electron chi connectivity index (χ2n) is 1.92. The van der Waals surface area contributed by atoms with Gasteiger partial charge in [0.05, 0.1) is 0 Å². The number of hydrogen-bond donors (Lipinski definition) is 0. The average Bonchev–Trinajstić information content (AvgIpc) is 1.88. The van der Waals surface area contributed by atoms with Crippen LogP contribution in [0.2, 0.25) is 0 Å². The van der Waals surface area contributed by atoms with Gasteiger partial charge in [-0.25, -0.2) is 0 Å². The predicted octanol–water partition coefficient (Wildman–Crippen LogP) is 2.68. The maximum atomic E-state index is 5.00. The summed E-state index contributed by atoms with van der Waals surface area (Å²) in [7, 11) is 0. The fourth-order valence-electron chi connectivity index (χ4n) is 0.679. The van der Waals surface area contributed by atoms with E-state index in [2.05, 4.69) is 0 Å². The standard InChI is InChI=1S/C7H8O.2ClH.Ti/c1-6-3-2-4-7(8)5-6;;;/h2-5,8H,1H3;2*1H;/q;;;+1/p-1. The fourth-order valence-corrected chi connectivity index (χ4v) is 0.877. The van der Waals surface area contributed by atoms with Gasteiger partial charge in [-0.1, -0.05) is 0 Å². The van der Waals surface area contributed by atoms with Crippen LogP contribution in [0.4, 0.5) is 0 Å². The SMILES string of the molecule is Cc1cccc([O][Ti])c1.Cl.Cl. The summed E-state index contributed by atoms with van der Waals surface area (Å²) in [6, 6.07) is 7.96. The normalized spacial score (nSPS) is 7.27. The third kappa shape index (κ3) is 4.70. The molecule has 1 aromatic carbocycles. The molecule has 0 saturated heterocycles. The topological polar surface area (TPSA) is 9.23 Å². The maximum Gasteiger partial charge on any atom is -0.147 e. The first kappa shape index (κ1) is 13.9. The summed E-state index contributed by atoms with van der Waals surface area (Å²) in [5.74, 6) is 0.926. The van der Waals surface area contributed by atoms with Gasteiger partial charge in [0.15, 0.2) is 0 Å². The van der Waals surface area contributed by atoms with Crippen LogP contribution >= 0.6 is 24.8 Å². The Bertz CT molecular complexity index is 205. The van der Waals surface area contributed by atoms with Gasteiger partial charge < -0.3 is 0 Å². The Morgan fingerprint density at radius 3 is 2.27 bits per heavy atom. The third-order valence-corrected chi connectivity index (χ3v) is 1.48. The number of aryl methyl sites for hydroxylation is 1. The molecule has 0 N–H and O–H groups in total. The van der Waals surface area contributed by atoms with Crippen molar-refractivity contribution in [3.05, 3.63) is 29.8 Å². The Balaban J connectivity index is 0. The predicted molar refractivity (Wildman–Crippen MR) is 46.3 cm³/mol. The molecule has 0 radical (unpaired) electrons. The van der Waals surface area contributed by atoms with Crippen LogP contribution in [-0.4, -0.2) is 0 Å². The van der Waals surface area contributed by atoms with E-state index in [-0.39, 0.29) is 24.8 Å². The van der Waals surface area contributed by atoms with Crippen molar-refractivity contribution in [3.63, 3.8) is 0 Å². The van der Waals surface area contributed by atoms with Crippen LogP contribution in [0, 0.1) is 6.92 Å². The van der Waals surface area contributed by atoms with Gasteiger partial charge in [0, 0.05) is 0 Å². The molecule has 0 aliphatic rings. The molecular formula is C7H9Cl2OTi. The minimum absolute atomic E-state index is 0. The molecule has 0 unspecified atom stereocenters. The summed E-state index contributed by atoms with van der Waals surface area (Å²) in [6.45, 7) is 2.04. The quantitative estimate of drug-likeness (QED) is 0.671. The molecule has 0 aromatic heterocycles. The summed E-state index contributed by atoms with van der Waals surface area (Å²) in [6.07, 6.45) is 0. The summed E-state index contributed by atoms with van der Waals surface area (Å²) in [5.41, 5.74) is 1.23. The van der Waals surface area contributed by atoms with Gasteiger partial charge in [0.2, 0.25) is 0 Å². The Labute approximate surface area is 91.2 Å². The molecule has 0 heterocycles. The van der Waals surface area contributed by atoms with E-state index in [0.717, 1.165) is 5.75 Å². The van der Waals surface area contributed by atoms with Crippen molar-refractivity contribution in [1.82, 2.24) is 0 Å². The van der Waals surface area contributed by atoms with Crippen molar-refractivity contribution in [1.29, 1.82) is 0 Å². The third-order valence-electron chi connectivity index (χ3n) is 1.11. The number of benzene rings is 1. The number of rotatable bonds is 1. The van der Waals surface area contributed by atoms with Crippen molar-refractivity contribution in [2.45, 2.75) is 6.92 Å². The van der Waals surface area contributed by atoms with Crippen molar-refractivity contribution in [2.24, 2.45) is 0 Å². The molecule has 0 fully saturated rings. The average molecular weight is 228 g/mol. The molecular weight excluding hydrogens is 219 g/mol. The minimum Gasteiger partial charge on any atom is -0.147 e. The van der Waals surface area contributed by atoms with Gasteiger partial charge in [-0.15, -0.1) is 24.8 Å². The largest absolute Gasteiger partial charge is 0.147 e. The van der Waals surface area contributed by atoms with Crippen LogP contribution in [-0.2, 0) is 20.8 Å². The molecule has 0 amide bonds. The number of halogens is 2. The molecule has 11 heavy (non-hydrogen) atoms. The summed E-state index contributed by atoms with van der Waals surface area (Å²) in [4.78, 5) is 0. The van der Waals surface area contributed by atoms with Gasteiger partial charge in [-0.2, -0.15) is 0 Å². The molecule has 1 aromatic rings. The molecule has 0 atom stereocenters. The molecule has 0 aliphatic heterocycles. The zero-order valence-corrected chi connectivity index (χ0v) is 9.23. The van der Waals surface area contributed by atoms with Crippen LogP contribution in [0.15, 0.2) is 24.3 Å². The summed E-state index contributed by atoms with van der Waals surface area (Å²) < 4.78 is 5.00. The molecule has 0 bridgehead atoms. The van der Waals surface area contributed by atoms with Crippen LogP contribution in [0.1, 0.15) is 5.56 Å².